The van der Waals surface area contributed by atoms with Gasteiger partial charge >= 0.3 is 0 Å². The molecule has 154 valence electrons. The van der Waals surface area contributed by atoms with Gasteiger partial charge in [0.25, 0.3) is 0 Å². The second-order valence-corrected chi connectivity index (χ2v) is 7.34. The van der Waals surface area contributed by atoms with E-state index in [1.165, 1.54) is 5.57 Å². The minimum absolute atomic E-state index is 0.487. The first-order chi connectivity index (χ1) is 13.0. The minimum atomic E-state index is 0.487. The maximum absolute atomic E-state index is 5.92. The summed E-state index contributed by atoms with van der Waals surface area (Å²) in [5.41, 5.74) is 9.04. The number of rotatable bonds is 12. The van der Waals surface area contributed by atoms with Gasteiger partial charge in [-0.2, -0.15) is 0 Å². The average Bonchev–Trinajstić information content (AvgIpc) is 3.10. The van der Waals surface area contributed by atoms with Crippen molar-refractivity contribution in [2.75, 3.05) is 33.9 Å². The molecular formula is C23H40N2O2. The summed E-state index contributed by atoms with van der Waals surface area (Å²) >= 11 is 0. The van der Waals surface area contributed by atoms with Crippen LogP contribution in [0.15, 0.2) is 47.0 Å². The first kappa shape index (κ1) is 23.5. The third-order valence-corrected chi connectivity index (χ3v) is 5.38. The largest absolute Gasteiger partial charge is 0.501 e. The van der Waals surface area contributed by atoms with Crippen LogP contribution in [0.3, 0.4) is 0 Å². The van der Waals surface area contributed by atoms with Crippen molar-refractivity contribution >= 4 is 0 Å². The van der Waals surface area contributed by atoms with E-state index in [2.05, 4.69) is 37.8 Å². The molecule has 0 aromatic heterocycles. The fraction of sp³-hybridized carbons (Fsp3) is 0.652. The van der Waals surface area contributed by atoms with E-state index in [1.54, 1.807) is 19.8 Å². The summed E-state index contributed by atoms with van der Waals surface area (Å²) in [6.45, 7) is 11.3. The standard InChI is InChI=1S/C23H40N2O2/c1-7-10-20-14-21(13-19(20)8-2)25(17-18(4)16-24)12-11-23(27-6)15-22(9-3)26-5/h7,9-10,15,18,21H,8,11-14,16-17,24H2,1-6H3/b10-7-,22-9+,23-15+. The maximum atomic E-state index is 5.92. The van der Waals surface area contributed by atoms with Crippen molar-refractivity contribution in [3.8, 4) is 0 Å². The van der Waals surface area contributed by atoms with Crippen LogP contribution in [0.25, 0.3) is 0 Å². The van der Waals surface area contributed by atoms with Crippen molar-refractivity contribution in [2.45, 2.75) is 59.4 Å². The molecule has 4 heteroatoms. The molecule has 0 heterocycles. The summed E-state index contributed by atoms with van der Waals surface area (Å²) in [6.07, 6.45) is 12.7. The number of allylic oxidation sites excluding steroid dienone is 4. The molecule has 0 amide bonds. The highest BCUT2D eigenvalue weighted by molar-refractivity contribution is 5.32. The van der Waals surface area contributed by atoms with Gasteiger partial charge in [0.15, 0.2) is 0 Å². The molecule has 0 saturated carbocycles. The molecule has 0 aromatic rings. The molecule has 2 atom stereocenters. The minimum Gasteiger partial charge on any atom is -0.501 e. The van der Waals surface area contributed by atoms with Crippen molar-refractivity contribution in [3.05, 3.63) is 47.0 Å². The maximum Gasteiger partial charge on any atom is 0.117 e. The molecule has 1 rings (SSSR count). The van der Waals surface area contributed by atoms with E-state index >= 15 is 0 Å². The zero-order valence-electron chi connectivity index (χ0n) is 18.3. The Morgan fingerprint density at radius 3 is 2.52 bits per heavy atom. The van der Waals surface area contributed by atoms with Gasteiger partial charge in [-0.15, -0.1) is 0 Å². The second-order valence-electron chi connectivity index (χ2n) is 7.34. The van der Waals surface area contributed by atoms with Crippen molar-refractivity contribution in [3.63, 3.8) is 0 Å². The monoisotopic (exact) mass is 376 g/mol. The third kappa shape index (κ3) is 7.55. The molecule has 2 unspecified atom stereocenters. The van der Waals surface area contributed by atoms with Gasteiger partial charge in [-0.1, -0.05) is 31.6 Å². The molecule has 0 saturated heterocycles. The lowest BCUT2D eigenvalue weighted by atomic mass is 10.1. The topological polar surface area (TPSA) is 47.7 Å². The van der Waals surface area contributed by atoms with Crippen LogP contribution in [0.1, 0.15) is 53.4 Å². The Labute approximate surface area is 166 Å². The van der Waals surface area contributed by atoms with Crippen LogP contribution in [-0.4, -0.2) is 44.8 Å². The Bertz CT molecular complexity index is 561. The number of hydrogen-bond acceptors (Lipinski definition) is 4. The molecule has 2 N–H and O–H groups in total. The second kappa shape index (κ2) is 12.8. The first-order valence-electron chi connectivity index (χ1n) is 10.2. The van der Waals surface area contributed by atoms with E-state index in [0.717, 1.165) is 56.8 Å². The Kier molecular flexibility index (Phi) is 11.1. The molecule has 0 aliphatic heterocycles. The van der Waals surface area contributed by atoms with Crippen LogP contribution in [0.2, 0.25) is 0 Å². The molecule has 0 spiro atoms. The van der Waals surface area contributed by atoms with Crippen LogP contribution in [0.4, 0.5) is 0 Å². The van der Waals surface area contributed by atoms with Gasteiger partial charge < -0.3 is 15.2 Å². The molecule has 1 aliphatic rings. The van der Waals surface area contributed by atoms with Gasteiger partial charge in [0.2, 0.25) is 0 Å². The van der Waals surface area contributed by atoms with E-state index in [-0.39, 0.29) is 0 Å². The number of nitrogens with zero attached hydrogens (tertiary/aromatic N) is 1. The highest BCUT2D eigenvalue weighted by Gasteiger charge is 2.27. The van der Waals surface area contributed by atoms with Crippen LogP contribution in [-0.2, 0) is 9.47 Å². The summed E-state index contributed by atoms with van der Waals surface area (Å²) in [5.74, 6) is 2.27. The molecule has 4 nitrogen and oxygen atoms in total. The molecule has 0 bridgehead atoms. The van der Waals surface area contributed by atoms with Crippen molar-refractivity contribution < 1.29 is 9.47 Å². The van der Waals surface area contributed by atoms with Crippen molar-refractivity contribution in [1.29, 1.82) is 0 Å². The molecular weight excluding hydrogens is 336 g/mol. The van der Waals surface area contributed by atoms with E-state index in [4.69, 9.17) is 15.2 Å². The number of methoxy groups -OCH3 is 2. The predicted molar refractivity (Wildman–Crippen MR) is 115 cm³/mol. The predicted octanol–water partition coefficient (Wildman–Crippen LogP) is 4.80. The Morgan fingerprint density at radius 2 is 2.00 bits per heavy atom. The quantitative estimate of drug-likeness (QED) is 0.393. The summed E-state index contributed by atoms with van der Waals surface area (Å²) in [5, 5.41) is 0. The molecule has 0 radical (unpaired) electrons. The van der Waals surface area contributed by atoms with Gasteiger partial charge in [0.05, 0.1) is 14.2 Å². The van der Waals surface area contributed by atoms with Gasteiger partial charge in [0.1, 0.15) is 11.5 Å². The number of hydrogen-bond donors (Lipinski definition) is 1. The van der Waals surface area contributed by atoms with E-state index in [0.29, 0.717) is 12.0 Å². The lowest BCUT2D eigenvalue weighted by Gasteiger charge is -2.31. The SMILES string of the molecule is C/C=C\C1=C(CC)CC(N(CC/C(=C\C(=C/C)OC)OC)CC(C)CN)C1. The molecule has 0 aromatic carbocycles. The zero-order valence-corrected chi connectivity index (χ0v) is 18.3. The van der Waals surface area contributed by atoms with Crippen molar-refractivity contribution in [2.24, 2.45) is 11.7 Å². The number of nitrogens with two attached hydrogens (primary N) is 1. The Balaban J connectivity index is 2.87. The third-order valence-electron chi connectivity index (χ3n) is 5.38. The summed E-state index contributed by atoms with van der Waals surface area (Å²) in [6, 6.07) is 0.557. The van der Waals surface area contributed by atoms with E-state index in [1.807, 2.05) is 19.1 Å². The van der Waals surface area contributed by atoms with E-state index < -0.39 is 0 Å². The fourth-order valence-corrected chi connectivity index (χ4v) is 3.71. The average molecular weight is 377 g/mol. The van der Waals surface area contributed by atoms with Gasteiger partial charge in [0, 0.05) is 31.6 Å². The lowest BCUT2D eigenvalue weighted by molar-refractivity contribution is 0.164. The Morgan fingerprint density at radius 1 is 1.26 bits per heavy atom. The van der Waals surface area contributed by atoms with Crippen LogP contribution in [0.5, 0.6) is 0 Å². The molecule has 27 heavy (non-hydrogen) atoms. The first-order valence-corrected chi connectivity index (χ1v) is 10.2. The summed E-state index contributed by atoms with van der Waals surface area (Å²) < 4.78 is 10.9. The zero-order chi connectivity index (χ0) is 20.2. The highest BCUT2D eigenvalue weighted by atomic mass is 16.5. The lowest BCUT2D eigenvalue weighted by Crippen LogP contribution is -2.39. The summed E-state index contributed by atoms with van der Waals surface area (Å²) in [4.78, 5) is 2.61. The van der Waals surface area contributed by atoms with Crippen molar-refractivity contribution in [1.82, 2.24) is 4.90 Å². The molecule has 1 aliphatic carbocycles. The smallest absolute Gasteiger partial charge is 0.117 e. The normalized spacial score (nSPS) is 20.1. The van der Waals surface area contributed by atoms with Crippen LogP contribution in [0, 0.1) is 5.92 Å². The van der Waals surface area contributed by atoms with Gasteiger partial charge in [-0.05, 0) is 57.2 Å². The summed E-state index contributed by atoms with van der Waals surface area (Å²) in [7, 11) is 3.42. The van der Waals surface area contributed by atoms with Gasteiger partial charge in [-0.3, -0.25) is 4.90 Å². The van der Waals surface area contributed by atoms with Crippen LogP contribution < -0.4 is 5.73 Å². The Hall–Kier alpha value is -1.52. The van der Waals surface area contributed by atoms with Crippen LogP contribution >= 0.6 is 0 Å². The fourth-order valence-electron chi connectivity index (χ4n) is 3.71. The highest BCUT2D eigenvalue weighted by Crippen LogP contribution is 2.33. The van der Waals surface area contributed by atoms with Gasteiger partial charge in [-0.25, -0.2) is 0 Å². The van der Waals surface area contributed by atoms with E-state index in [9.17, 15) is 0 Å². The number of ether oxygens (including phenoxy) is 2. The molecule has 0 fully saturated rings.